The Hall–Kier alpha value is -0.720. The molecule has 3 unspecified atom stereocenters. The van der Waals surface area contributed by atoms with Crippen molar-refractivity contribution in [2.45, 2.75) is 25.3 Å². The third-order valence-corrected chi connectivity index (χ3v) is 4.33. The van der Waals surface area contributed by atoms with E-state index in [0.717, 1.165) is 6.42 Å². The summed E-state index contributed by atoms with van der Waals surface area (Å²) in [6, 6.07) is 0. The van der Waals surface area contributed by atoms with Gasteiger partial charge in [-0.15, -0.1) is 0 Å². The molecule has 2 bridgehead atoms. The van der Waals surface area contributed by atoms with Gasteiger partial charge in [0.05, 0.1) is 0 Å². The van der Waals surface area contributed by atoms with E-state index in [0.29, 0.717) is 6.42 Å². The van der Waals surface area contributed by atoms with Crippen LogP contribution in [-0.2, 0) is 14.3 Å². The summed E-state index contributed by atoms with van der Waals surface area (Å²) < 4.78 is 62.0. The van der Waals surface area contributed by atoms with Crippen LogP contribution in [0.1, 0.15) is 19.8 Å². The summed E-state index contributed by atoms with van der Waals surface area (Å²) in [5.74, 6) is 0.130. The summed E-state index contributed by atoms with van der Waals surface area (Å²) >= 11 is 0. The lowest BCUT2D eigenvalue weighted by molar-refractivity contribution is -0.0527. The first-order chi connectivity index (χ1) is 7.22. The summed E-state index contributed by atoms with van der Waals surface area (Å²) in [4.78, 5) is 0. The lowest BCUT2D eigenvalue weighted by atomic mass is 9.99. The molecule has 0 radical (unpaired) electrons. The maximum atomic E-state index is 12.1. The number of hydrogen-bond acceptors (Lipinski definition) is 3. The molecule has 0 amide bonds. The van der Waals surface area contributed by atoms with E-state index >= 15 is 0 Å². The maximum Gasteiger partial charge on any atom is 0.534 e. The lowest BCUT2D eigenvalue weighted by Gasteiger charge is -2.16. The van der Waals surface area contributed by atoms with Gasteiger partial charge < -0.3 is 4.18 Å². The Morgan fingerprint density at radius 1 is 1.38 bits per heavy atom. The molecule has 0 heterocycles. The van der Waals surface area contributed by atoms with Gasteiger partial charge in [-0.3, -0.25) is 0 Å². The molecule has 0 saturated heterocycles. The first-order valence-corrected chi connectivity index (χ1v) is 6.35. The van der Waals surface area contributed by atoms with Gasteiger partial charge in [-0.25, -0.2) is 0 Å². The Bertz CT molecular complexity index is 424. The Morgan fingerprint density at radius 2 is 2.00 bits per heavy atom. The van der Waals surface area contributed by atoms with Crippen LogP contribution in [-0.4, -0.2) is 13.9 Å². The molecule has 1 fully saturated rings. The Morgan fingerprint density at radius 3 is 2.38 bits per heavy atom. The minimum absolute atomic E-state index is 0.0268. The van der Waals surface area contributed by atoms with E-state index in [1.807, 2.05) is 6.92 Å². The van der Waals surface area contributed by atoms with Crippen molar-refractivity contribution in [1.82, 2.24) is 0 Å². The predicted molar refractivity (Wildman–Crippen MR) is 49.5 cm³/mol. The third kappa shape index (κ3) is 1.70. The minimum Gasteiger partial charge on any atom is -0.381 e. The highest BCUT2D eigenvalue weighted by Gasteiger charge is 2.51. The van der Waals surface area contributed by atoms with E-state index in [1.165, 1.54) is 6.08 Å². The van der Waals surface area contributed by atoms with E-state index < -0.39 is 15.6 Å². The van der Waals surface area contributed by atoms with Crippen molar-refractivity contribution in [3.8, 4) is 0 Å². The molecule has 0 aromatic carbocycles. The summed E-state index contributed by atoms with van der Waals surface area (Å²) in [5.41, 5.74) is -5.35. The molecule has 0 aromatic heterocycles. The number of allylic oxidation sites excluding steroid dienone is 2. The summed E-state index contributed by atoms with van der Waals surface area (Å²) in [6.07, 6.45) is 3.11. The van der Waals surface area contributed by atoms with Gasteiger partial charge in [0.15, 0.2) is 0 Å². The third-order valence-electron chi connectivity index (χ3n) is 3.35. The first-order valence-electron chi connectivity index (χ1n) is 4.95. The van der Waals surface area contributed by atoms with Gasteiger partial charge in [0.2, 0.25) is 0 Å². The lowest BCUT2D eigenvalue weighted by Crippen LogP contribution is -2.26. The van der Waals surface area contributed by atoms with Crippen molar-refractivity contribution < 1.29 is 25.8 Å². The zero-order valence-corrected chi connectivity index (χ0v) is 9.31. The van der Waals surface area contributed by atoms with Crippen LogP contribution in [0.2, 0.25) is 0 Å². The van der Waals surface area contributed by atoms with Gasteiger partial charge in [0.1, 0.15) is 5.76 Å². The normalized spacial score (nSPS) is 34.0. The molecular formula is C9H11F3O3S. The van der Waals surface area contributed by atoms with Crippen molar-refractivity contribution >= 4 is 10.1 Å². The van der Waals surface area contributed by atoms with Gasteiger partial charge in [0.25, 0.3) is 0 Å². The van der Waals surface area contributed by atoms with Crippen LogP contribution in [0.15, 0.2) is 11.8 Å². The van der Waals surface area contributed by atoms with Crippen LogP contribution in [0.25, 0.3) is 0 Å². The van der Waals surface area contributed by atoms with Crippen molar-refractivity contribution in [3.05, 3.63) is 11.8 Å². The molecule has 3 nitrogen and oxygen atoms in total. The predicted octanol–water partition coefficient (Wildman–Crippen LogP) is 2.41. The number of halogens is 3. The fourth-order valence-corrected chi connectivity index (χ4v) is 2.96. The fourth-order valence-electron chi connectivity index (χ4n) is 2.43. The summed E-state index contributed by atoms with van der Waals surface area (Å²) in [5, 5.41) is 0. The molecule has 2 aliphatic rings. The topological polar surface area (TPSA) is 43.4 Å². The van der Waals surface area contributed by atoms with E-state index in [1.54, 1.807) is 0 Å². The highest BCUT2D eigenvalue weighted by atomic mass is 32.2. The monoisotopic (exact) mass is 256 g/mol. The molecule has 0 N–H and O–H groups in total. The Balaban J connectivity index is 2.17. The Labute approximate surface area is 91.4 Å². The van der Waals surface area contributed by atoms with Crippen LogP contribution < -0.4 is 0 Å². The van der Waals surface area contributed by atoms with E-state index in [9.17, 15) is 21.6 Å². The van der Waals surface area contributed by atoms with Crippen LogP contribution in [0.4, 0.5) is 13.2 Å². The van der Waals surface area contributed by atoms with E-state index in [2.05, 4.69) is 4.18 Å². The second-order valence-electron chi connectivity index (χ2n) is 4.26. The van der Waals surface area contributed by atoms with Crippen molar-refractivity contribution in [1.29, 1.82) is 0 Å². The number of fused-ring (bicyclic) bond motifs is 2. The van der Waals surface area contributed by atoms with Crippen LogP contribution in [0, 0.1) is 17.8 Å². The molecular weight excluding hydrogens is 245 g/mol. The molecule has 0 spiro atoms. The van der Waals surface area contributed by atoms with Gasteiger partial charge in [-0.1, -0.05) is 6.92 Å². The maximum absolute atomic E-state index is 12.1. The highest BCUT2D eigenvalue weighted by Crippen LogP contribution is 2.49. The fraction of sp³-hybridized carbons (Fsp3) is 0.778. The average Bonchev–Trinajstić information content (AvgIpc) is 2.58. The first kappa shape index (κ1) is 11.8. The molecule has 7 heteroatoms. The van der Waals surface area contributed by atoms with Gasteiger partial charge in [0, 0.05) is 5.92 Å². The van der Waals surface area contributed by atoms with Gasteiger partial charge >= 0.3 is 15.6 Å². The second-order valence-corrected chi connectivity index (χ2v) is 5.80. The van der Waals surface area contributed by atoms with E-state index in [-0.39, 0.29) is 23.5 Å². The molecule has 16 heavy (non-hydrogen) atoms. The quantitative estimate of drug-likeness (QED) is 0.563. The van der Waals surface area contributed by atoms with Crippen LogP contribution >= 0.6 is 0 Å². The molecule has 2 rings (SSSR count). The zero-order valence-electron chi connectivity index (χ0n) is 8.49. The zero-order chi connectivity index (χ0) is 12.1. The van der Waals surface area contributed by atoms with E-state index in [4.69, 9.17) is 0 Å². The summed E-state index contributed by atoms with van der Waals surface area (Å²) in [7, 11) is -5.50. The summed E-state index contributed by atoms with van der Waals surface area (Å²) in [6.45, 7) is 1.90. The molecule has 2 aliphatic carbocycles. The smallest absolute Gasteiger partial charge is 0.381 e. The number of rotatable bonds is 2. The number of alkyl halides is 3. The Kier molecular flexibility index (Phi) is 2.49. The largest absolute Gasteiger partial charge is 0.534 e. The molecule has 0 aromatic rings. The molecule has 1 saturated carbocycles. The second kappa shape index (κ2) is 3.38. The molecule has 3 atom stereocenters. The van der Waals surface area contributed by atoms with Gasteiger partial charge in [-0.2, -0.15) is 21.6 Å². The highest BCUT2D eigenvalue weighted by molar-refractivity contribution is 7.87. The molecule has 92 valence electrons. The van der Waals surface area contributed by atoms with Crippen molar-refractivity contribution in [3.63, 3.8) is 0 Å². The van der Waals surface area contributed by atoms with Crippen LogP contribution in [0.5, 0.6) is 0 Å². The SMILES string of the molecule is CC1C2C=C(OS(=O)(=O)C(F)(F)F)C1CC2. The van der Waals surface area contributed by atoms with Crippen molar-refractivity contribution in [2.75, 3.05) is 0 Å². The molecule has 0 aliphatic heterocycles. The van der Waals surface area contributed by atoms with Crippen LogP contribution in [0.3, 0.4) is 0 Å². The number of hydrogen-bond donors (Lipinski definition) is 0. The van der Waals surface area contributed by atoms with Crippen molar-refractivity contribution in [2.24, 2.45) is 17.8 Å². The van der Waals surface area contributed by atoms with Gasteiger partial charge in [-0.05, 0) is 30.8 Å². The average molecular weight is 256 g/mol. The standard InChI is InChI=1S/C9H11F3O3S/c1-5-6-2-3-7(5)8(4-6)15-16(13,14)9(10,11)12/h4-7H,2-3H2,1H3. The minimum atomic E-state index is -5.50.